The number of benzene rings is 3. The van der Waals surface area contributed by atoms with Crippen LogP contribution in [-0.2, 0) is 11.0 Å². The predicted molar refractivity (Wildman–Crippen MR) is 132 cm³/mol. The van der Waals surface area contributed by atoms with Crippen molar-refractivity contribution in [2.75, 3.05) is 11.9 Å². The Bertz CT molecular complexity index is 1370. The first-order valence-electron chi connectivity index (χ1n) is 11.6. The number of rotatable bonds is 3. The second-order valence-electron chi connectivity index (χ2n) is 9.04. The van der Waals surface area contributed by atoms with Gasteiger partial charge in [-0.1, -0.05) is 29.8 Å². The Hall–Kier alpha value is -3.85. The third kappa shape index (κ3) is 5.04. The number of hydrogen-bond acceptors (Lipinski definition) is 3. The van der Waals surface area contributed by atoms with Crippen molar-refractivity contribution in [1.82, 2.24) is 10.2 Å². The van der Waals surface area contributed by atoms with Crippen LogP contribution in [0.3, 0.4) is 0 Å². The van der Waals surface area contributed by atoms with Gasteiger partial charge < -0.3 is 15.5 Å². The van der Waals surface area contributed by atoms with E-state index in [0.717, 1.165) is 35.4 Å². The molecule has 2 aliphatic rings. The van der Waals surface area contributed by atoms with Crippen LogP contribution in [0.15, 0.2) is 66.7 Å². The van der Waals surface area contributed by atoms with E-state index < -0.39 is 29.7 Å². The molecule has 37 heavy (non-hydrogen) atoms. The Kier molecular flexibility index (Phi) is 6.41. The first kappa shape index (κ1) is 24.8. The Balaban J connectivity index is 1.31. The van der Waals surface area contributed by atoms with Gasteiger partial charge in [-0.15, -0.1) is 0 Å². The lowest BCUT2D eigenvalue weighted by Crippen LogP contribution is -2.55. The number of fused-ring (bicyclic) bond motifs is 2. The molecule has 2 unspecified atom stereocenters. The molecule has 2 N–H and O–H groups in total. The average Bonchev–Trinajstić information content (AvgIpc) is 2.98. The van der Waals surface area contributed by atoms with E-state index in [1.807, 2.05) is 18.2 Å². The summed E-state index contributed by atoms with van der Waals surface area (Å²) in [5, 5.41) is 6.21. The molecular weight excluding hydrogens is 507 g/mol. The van der Waals surface area contributed by atoms with Gasteiger partial charge in [0.15, 0.2) is 0 Å². The molecule has 3 amide bonds. The van der Waals surface area contributed by atoms with Crippen molar-refractivity contribution in [3.05, 3.63) is 88.4 Å². The van der Waals surface area contributed by atoms with Crippen LogP contribution in [0.4, 0.5) is 18.9 Å². The van der Waals surface area contributed by atoms with E-state index in [1.165, 1.54) is 4.90 Å². The van der Waals surface area contributed by atoms with Gasteiger partial charge in [-0.2, -0.15) is 13.2 Å². The number of hydrogen-bond donors (Lipinski definition) is 2. The molecule has 5 rings (SSSR count). The summed E-state index contributed by atoms with van der Waals surface area (Å²) < 4.78 is 38.4. The molecule has 3 aromatic rings. The number of alkyl halides is 3. The maximum Gasteiger partial charge on any atom is 0.416 e. The average molecular weight is 528 g/mol. The summed E-state index contributed by atoms with van der Waals surface area (Å²) in [7, 11) is 0. The van der Waals surface area contributed by atoms with Gasteiger partial charge in [0.25, 0.3) is 11.8 Å². The molecule has 1 saturated heterocycles. The smallest absolute Gasteiger partial charge is 0.349 e. The number of halogens is 4. The van der Waals surface area contributed by atoms with E-state index in [4.69, 9.17) is 11.6 Å². The molecule has 190 valence electrons. The monoisotopic (exact) mass is 527 g/mol. The van der Waals surface area contributed by atoms with Crippen LogP contribution in [0.25, 0.3) is 11.1 Å². The van der Waals surface area contributed by atoms with Crippen LogP contribution < -0.4 is 10.6 Å². The number of carbonyl (C=O) groups excluding carboxylic acids is 3. The Morgan fingerprint density at radius 2 is 1.65 bits per heavy atom. The Labute approximate surface area is 215 Å². The minimum Gasteiger partial charge on any atom is -0.349 e. The van der Waals surface area contributed by atoms with Gasteiger partial charge in [0.05, 0.1) is 16.8 Å². The van der Waals surface area contributed by atoms with Crippen molar-refractivity contribution in [1.29, 1.82) is 0 Å². The number of anilines is 1. The standard InChI is InChI=1S/C27H21ClF3N3O3/c28-19-8-3-15(4-9-19)17-5-10-22-21(13-17)26(37)34-12-11-20(14-23(34)25(36)33-22)32-24(35)16-1-6-18(7-2-16)27(29,30)31/h1-10,13,20,23H,11-12,14H2,(H,32,35)(H,33,36). The molecular formula is C27H21ClF3N3O3. The fourth-order valence-corrected chi connectivity index (χ4v) is 4.82. The van der Waals surface area contributed by atoms with Crippen molar-refractivity contribution >= 4 is 35.0 Å². The van der Waals surface area contributed by atoms with Crippen LogP contribution >= 0.6 is 11.6 Å². The molecule has 3 aromatic carbocycles. The fourth-order valence-electron chi connectivity index (χ4n) is 4.69. The number of piperidine rings is 1. The summed E-state index contributed by atoms with van der Waals surface area (Å²) in [6.07, 6.45) is -3.91. The lowest BCUT2D eigenvalue weighted by Gasteiger charge is -2.37. The summed E-state index contributed by atoms with van der Waals surface area (Å²) in [6.45, 7) is 0.236. The quantitative estimate of drug-likeness (QED) is 0.480. The molecule has 0 radical (unpaired) electrons. The van der Waals surface area contributed by atoms with Crippen LogP contribution in [-0.4, -0.2) is 41.2 Å². The van der Waals surface area contributed by atoms with Crippen molar-refractivity contribution < 1.29 is 27.6 Å². The third-order valence-electron chi connectivity index (χ3n) is 6.66. The van der Waals surface area contributed by atoms with Gasteiger partial charge in [0.2, 0.25) is 5.91 Å². The highest BCUT2D eigenvalue weighted by Gasteiger charge is 2.40. The number of nitrogens with zero attached hydrogens (tertiary/aromatic N) is 1. The first-order chi connectivity index (χ1) is 17.6. The van der Waals surface area contributed by atoms with E-state index in [9.17, 15) is 27.6 Å². The van der Waals surface area contributed by atoms with Crippen LogP contribution in [0.1, 0.15) is 39.1 Å². The lowest BCUT2D eigenvalue weighted by molar-refractivity contribution is -0.137. The summed E-state index contributed by atoms with van der Waals surface area (Å²) in [4.78, 5) is 40.6. The SMILES string of the molecule is O=C(NC1CCN2C(=O)c3cc(-c4ccc(Cl)cc4)ccc3NC(=O)C2C1)c1ccc(C(F)(F)F)cc1. The van der Waals surface area contributed by atoms with E-state index in [0.29, 0.717) is 22.7 Å². The minimum atomic E-state index is -4.49. The lowest BCUT2D eigenvalue weighted by atomic mass is 9.95. The van der Waals surface area contributed by atoms with Crippen molar-refractivity contribution in [3.8, 4) is 11.1 Å². The number of amides is 3. The zero-order valence-corrected chi connectivity index (χ0v) is 20.1. The zero-order valence-electron chi connectivity index (χ0n) is 19.3. The van der Waals surface area contributed by atoms with Gasteiger partial charge in [-0.05, 0) is 72.5 Å². The molecule has 2 heterocycles. The number of carbonyl (C=O) groups is 3. The van der Waals surface area contributed by atoms with Crippen molar-refractivity contribution in [2.24, 2.45) is 0 Å². The van der Waals surface area contributed by atoms with Crippen molar-refractivity contribution in [2.45, 2.75) is 31.1 Å². The normalized spacial score (nSPS) is 19.4. The second kappa shape index (κ2) is 9.55. The summed E-state index contributed by atoms with van der Waals surface area (Å²) in [6, 6.07) is 15.1. The van der Waals surface area contributed by atoms with E-state index >= 15 is 0 Å². The molecule has 6 nitrogen and oxygen atoms in total. The van der Waals surface area contributed by atoms with Gasteiger partial charge in [0.1, 0.15) is 6.04 Å². The predicted octanol–water partition coefficient (Wildman–Crippen LogP) is 5.38. The highest BCUT2D eigenvalue weighted by molar-refractivity contribution is 6.30. The summed E-state index contributed by atoms with van der Waals surface area (Å²) in [5.41, 5.74) is 1.69. The minimum absolute atomic E-state index is 0.0824. The molecule has 0 saturated carbocycles. The maximum absolute atomic E-state index is 13.5. The number of nitrogens with one attached hydrogen (secondary N) is 2. The summed E-state index contributed by atoms with van der Waals surface area (Å²) in [5.74, 6) is -1.19. The van der Waals surface area contributed by atoms with E-state index in [1.54, 1.807) is 24.3 Å². The second-order valence-corrected chi connectivity index (χ2v) is 9.48. The third-order valence-corrected chi connectivity index (χ3v) is 6.91. The molecule has 0 spiro atoms. The highest BCUT2D eigenvalue weighted by atomic mass is 35.5. The summed E-state index contributed by atoms with van der Waals surface area (Å²) >= 11 is 5.98. The van der Waals surface area contributed by atoms with E-state index in [2.05, 4.69) is 10.6 Å². The fraction of sp³-hybridized carbons (Fsp3) is 0.222. The van der Waals surface area contributed by atoms with Crippen LogP contribution in [0, 0.1) is 0 Å². The highest BCUT2D eigenvalue weighted by Crippen LogP contribution is 2.33. The van der Waals surface area contributed by atoms with Gasteiger partial charge in [-0.25, -0.2) is 0 Å². The van der Waals surface area contributed by atoms with Crippen LogP contribution in [0.2, 0.25) is 5.02 Å². The molecule has 0 aliphatic carbocycles. The molecule has 1 fully saturated rings. The Morgan fingerprint density at radius 1 is 0.973 bits per heavy atom. The molecule has 10 heteroatoms. The molecule has 0 aromatic heterocycles. The topological polar surface area (TPSA) is 78.5 Å². The van der Waals surface area contributed by atoms with E-state index in [-0.39, 0.29) is 30.3 Å². The Morgan fingerprint density at radius 3 is 2.32 bits per heavy atom. The zero-order chi connectivity index (χ0) is 26.3. The maximum atomic E-state index is 13.5. The van der Waals surface area contributed by atoms with Crippen LogP contribution in [0.5, 0.6) is 0 Å². The van der Waals surface area contributed by atoms with Gasteiger partial charge in [-0.3, -0.25) is 14.4 Å². The van der Waals surface area contributed by atoms with Gasteiger partial charge >= 0.3 is 6.18 Å². The van der Waals surface area contributed by atoms with Crippen molar-refractivity contribution in [3.63, 3.8) is 0 Å². The molecule has 2 atom stereocenters. The molecule has 2 aliphatic heterocycles. The first-order valence-corrected chi connectivity index (χ1v) is 12.0. The molecule has 0 bridgehead atoms. The largest absolute Gasteiger partial charge is 0.416 e. The van der Waals surface area contributed by atoms with Gasteiger partial charge in [0, 0.05) is 23.2 Å².